The number of rotatable bonds is 4. The summed E-state index contributed by atoms with van der Waals surface area (Å²) in [5.74, 6) is 1.54. The smallest absolute Gasteiger partial charge is 0.166 e. The molecule has 3 nitrogen and oxygen atoms in total. The molecule has 0 aromatic heterocycles. The van der Waals surface area contributed by atoms with Crippen LogP contribution in [0.25, 0.3) is 0 Å². The lowest BCUT2D eigenvalue weighted by atomic mass is 9.76. The van der Waals surface area contributed by atoms with E-state index in [-0.39, 0.29) is 17.7 Å². The third-order valence-electron chi connectivity index (χ3n) is 3.68. The maximum absolute atomic E-state index is 12.3. The Balaban J connectivity index is 2.23. The Labute approximate surface area is 108 Å². The average Bonchev–Trinajstić information content (AvgIpc) is 2.33. The van der Waals surface area contributed by atoms with Gasteiger partial charge in [-0.05, 0) is 42.5 Å². The van der Waals surface area contributed by atoms with Crippen molar-refractivity contribution in [3.63, 3.8) is 0 Å². The van der Waals surface area contributed by atoms with Gasteiger partial charge in [0.05, 0.1) is 7.11 Å². The molecule has 1 aliphatic rings. The molecule has 0 unspecified atom stereocenters. The lowest BCUT2D eigenvalue weighted by molar-refractivity contribution is 0.0832. The number of carbonyl (C=O) groups is 1. The highest BCUT2D eigenvalue weighted by atomic mass is 16.5. The molecule has 0 amide bonds. The number of ether oxygens (including phenoxy) is 1. The molecule has 1 fully saturated rings. The molecule has 0 saturated heterocycles. The van der Waals surface area contributed by atoms with Crippen LogP contribution in [0.4, 0.5) is 0 Å². The zero-order valence-corrected chi connectivity index (χ0v) is 11.3. The zero-order chi connectivity index (χ0) is 13.3. The Bertz CT molecular complexity index is 448. The zero-order valence-electron chi connectivity index (χ0n) is 11.3. The number of hydrogen-bond donors (Lipinski definition) is 1. The molecule has 1 aromatic rings. The highest BCUT2D eigenvalue weighted by molar-refractivity contribution is 5.98. The van der Waals surface area contributed by atoms with Crippen molar-refractivity contribution in [1.29, 1.82) is 0 Å². The Kier molecular flexibility index (Phi) is 3.71. The standard InChI is InChI=1S/C15H21NO2/c1-9(2)13-8-10(4-5-14(13)18-3)15(17)11-6-12(16)7-11/h4-5,8-9,11-12H,6-7,16H2,1-3H3. The van der Waals surface area contributed by atoms with Crippen LogP contribution in [0.3, 0.4) is 0 Å². The van der Waals surface area contributed by atoms with Gasteiger partial charge in [-0.1, -0.05) is 13.8 Å². The summed E-state index contributed by atoms with van der Waals surface area (Å²) in [6.07, 6.45) is 1.64. The third-order valence-corrected chi connectivity index (χ3v) is 3.68. The minimum atomic E-state index is 0.119. The second-order valence-corrected chi connectivity index (χ2v) is 5.40. The third kappa shape index (κ3) is 2.41. The Morgan fingerprint density at radius 2 is 2.06 bits per heavy atom. The van der Waals surface area contributed by atoms with Gasteiger partial charge in [0.25, 0.3) is 0 Å². The number of methoxy groups -OCH3 is 1. The molecule has 0 aliphatic heterocycles. The van der Waals surface area contributed by atoms with E-state index in [0.717, 1.165) is 29.7 Å². The fraction of sp³-hybridized carbons (Fsp3) is 0.533. The first kappa shape index (κ1) is 13.1. The van der Waals surface area contributed by atoms with E-state index in [9.17, 15) is 4.79 Å². The molecular formula is C15H21NO2. The lowest BCUT2D eigenvalue weighted by Crippen LogP contribution is -2.40. The van der Waals surface area contributed by atoms with Crippen LogP contribution < -0.4 is 10.5 Å². The average molecular weight is 247 g/mol. The molecule has 0 heterocycles. The van der Waals surface area contributed by atoms with Crippen molar-refractivity contribution >= 4 is 5.78 Å². The first-order valence-electron chi connectivity index (χ1n) is 6.50. The van der Waals surface area contributed by atoms with Gasteiger partial charge >= 0.3 is 0 Å². The molecule has 2 N–H and O–H groups in total. The van der Waals surface area contributed by atoms with E-state index < -0.39 is 0 Å². The van der Waals surface area contributed by atoms with Gasteiger partial charge in [-0.25, -0.2) is 0 Å². The normalized spacial score (nSPS) is 22.7. The van der Waals surface area contributed by atoms with Crippen molar-refractivity contribution in [2.45, 2.75) is 38.6 Å². The monoisotopic (exact) mass is 247 g/mol. The number of Topliss-reactive ketones (excluding diaryl/α,β-unsaturated/α-hetero) is 1. The highest BCUT2D eigenvalue weighted by Gasteiger charge is 2.32. The topological polar surface area (TPSA) is 52.3 Å². The summed E-state index contributed by atoms with van der Waals surface area (Å²) < 4.78 is 5.33. The van der Waals surface area contributed by atoms with Gasteiger partial charge in [0.2, 0.25) is 0 Å². The molecule has 3 heteroatoms. The van der Waals surface area contributed by atoms with Gasteiger partial charge in [0.1, 0.15) is 5.75 Å². The van der Waals surface area contributed by atoms with E-state index in [1.165, 1.54) is 0 Å². The van der Waals surface area contributed by atoms with Crippen molar-refractivity contribution in [3.8, 4) is 5.75 Å². The predicted molar refractivity (Wildman–Crippen MR) is 72.1 cm³/mol. The molecule has 18 heavy (non-hydrogen) atoms. The van der Waals surface area contributed by atoms with Crippen molar-refractivity contribution in [2.24, 2.45) is 11.7 Å². The van der Waals surface area contributed by atoms with Crippen LogP contribution in [0.15, 0.2) is 18.2 Å². The van der Waals surface area contributed by atoms with E-state index in [0.29, 0.717) is 5.92 Å². The van der Waals surface area contributed by atoms with Crippen molar-refractivity contribution in [3.05, 3.63) is 29.3 Å². The summed E-state index contributed by atoms with van der Waals surface area (Å²) in [7, 11) is 1.66. The Morgan fingerprint density at radius 1 is 1.39 bits per heavy atom. The Morgan fingerprint density at radius 3 is 2.56 bits per heavy atom. The van der Waals surface area contributed by atoms with E-state index >= 15 is 0 Å². The SMILES string of the molecule is COc1ccc(C(=O)C2CC(N)C2)cc1C(C)C. The lowest BCUT2D eigenvalue weighted by Gasteiger charge is -2.31. The number of benzene rings is 1. The largest absolute Gasteiger partial charge is 0.496 e. The molecule has 0 atom stereocenters. The molecule has 0 bridgehead atoms. The van der Waals surface area contributed by atoms with Crippen LogP contribution in [0, 0.1) is 5.92 Å². The molecular weight excluding hydrogens is 226 g/mol. The second-order valence-electron chi connectivity index (χ2n) is 5.40. The molecule has 1 aliphatic carbocycles. The van der Waals surface area contributed by atoms with Crippen molar-refractivity contribution < 1.29 is 9.53 Å². The summed E-state index contributed by atoms with van der Waals surface area (Å²) in [6.45, 7) is 4.21. The van der Waals surface area contributed by atoms with Crippen LogP contribution in [0.1, 0.15) is 48.5 Å². The maximum atomic E-state index is 12.3. The summed E-state index contributed by atoms with van der Waals surface area (Å²) in [6, 6.07) is 5.93. The van der Waals surface area contributed by atoms with E-state index in [1.54, 1.807) is 7.11 Å². The number of nitrogens with two attached hydrogens (primary N) is 1. The fourth-order valence-electron chi connectivity index (χ4n) is 2.45. The van der Waals surface area contributed by atoms with E-state index in [4.69, 9.17) is 10.5 Å². The van der Waals surface area contributed by atoms with Gasteiger partial charge in [0, 0.05) is 17.5 Å². The summed E-state index contributed by atoms with van der Waals surface area (Å²) >= 11 is 0. The Hall–Kier alpha value is -1.35. The van der Waals surface area contributed by atoms with Gasteiger partial charge in [-0.3, -0.25) is 4.79 Å². The highest BCUT2D eigenvalue weighted by Crippen LogP contribution is 2.32. The summed E-state index contributed by atoms with van der Waals surface area (Å²) in [4.78, 5) is 12.3. The van der Waals surface area contributed by atoms with Crippen molar-refractivity contribution in [1.82, 2.24) is 0 Å². The quantitative estimate of drug-likeness (QED) is 0.832. The number of ketones is 1. The molecule has 98 valence electrons. The number of carbonyl (C=O) groups excluding carboxylic acids is 1. The second kappa shape index (κ2) is 5.11. The summed E-state index contributed by atoms with van der Waals surface area (Å²) in [5, 5.41) is 0. The predicted octanol–water partition coefficient (Wildman–Crippen LogP) is 2.74. The fourth-order valence-corrected chi connectivity index (χ4v) is 2.45. The molecule has 2 rings (SSSR count). The van der Waals surface area contributed by atoms with Crippen LogP contribution in [0.5, 0.6) is 5.75 Å². The van der Waals surface area contributed by atoms with E-state index in [2.05, 4.69) is 13.8 Å². The van der Waals surface area contributed by atoms with Crippen LogP contribution in [0.2, 0.25) is 0 Å². The molecule has 0 radical (unpaired) electrons. The number of hydrogen-bond acceptors (Lipinski definition) is 3. The van der Waals surface area contributed by atoms with Crippen molar-refractivity contribution in [2.75, 3.05) is 7.11 Å². The van der Waals surface area contributed by atoms with Gasteiger partial charge in [-0.15, -0.1) is 0 Å². The molecule has 1 saturated carbocycles. The first-order chi connectivity index (χ1) is 8.52. The minimum Gasteiger partial charge on any atom is -0.496 e. The van der Waals surface area contributed by atoms with Crippen LogP contribution >= 0.6 is 0 Å². The molecule has 1 aromatic carbocycles. The van der Waals surface area contributed by atoms with Gasteiger partial charge < -0.3 is 10.5 Å². The van der Waals surface area contributed by atoms with Gasteiger partial charge in [0.15, 0.2) is 5.78 Å². The maximum Gasteiger partial charge on any atom is 0.166 e. The van der Waals surface area contributed by atoms with Crippen LogP contribution in [-0.4, -0.2) is 18.9 Å². The minimum absolute atomic E-state index is 0.119. The first-order valence-corrected chi connectivity index (χ1v) is 6.50. The molecule has 0 spiro atoms. The van der Waals surface area contributed by atoms with Gasteiger partial charge in [-0.2, -0.15) is 0 Å². The van der Waals surface area contributed by atoms with Crippen LogP contribution in [-0.2, 0) is 0 Å². The van der Waals surface area contributed by atoms with E-state index in [1.807, 2.05) is 18.2 Å². The summed E-state index contributed by atoms with van der Waals surface area (Å²) in [5.41, 5.74) is 7.61.